The Morgan fingerprint density at radius 2 is 2.04 bits per heavy atom. The molecule has 0 amide bonds. The molecular weight excluding hydrogens is 400 g/mol. The molecule has 0 bridgehead atoms. The average molecular weight is 429 g/mol. The molecule has 0 aromatic heterocycles. The first kappa shape index (κ1) is 19.9. The van der Waals surface area contributed by atoms with Gasteiger partial charge in [0.15, 0.2) is 0 Å². The van der Waals surface area contributed by atoms with E-state index in [2.05, 4.69) is 73.6 Å². The number of nitrogens with zero attached hydrogens (tertiary/aromatic N) is 2. The Hall–Kier alpha value is -1.81. The lowest BCUT2D eigenvalue weighted by Crippen LogP contribution is -2.48. The first-order chi connectivity index (χ1) is 12.8. The topological polar surface area (TPSA) is 24.8 Å². The summed E-state index contributed by atoms with van der Waals surface area (Å²) < 4.78 is 6.79. The van der Waals surface area contributed by atoms with Crippen molar-refractivity contribution in [1.82, 2.24) is 0 Å². The fraction of sp³-hybridized carbons (Fsp3) is 0.435. The maximum absolute atomic E-state index is 5.72. The second-order valence-electron chi connectivity index (χ2n) is 8.00. The Bertz CT molecular complexity index is 873. The molecular formula is C23H29BrN2O. The molecule has 144 valence electrons. The summed E-state index contributed by atoms with van der Waals surface area (Å²) in [5.41, 5.74) is 5.96. The average Bonchev–Trinajstić information content (AvgIpc) is 2.60. The number of aryl methyl sites for hydroxylation is 1. The minimum absolute atomic E-state index is 0.149. The highest BCUT2D eigenvalue weighted by Crippen LogP contribution is 2.45. The number of hydrogen-bond acceptors (Lipinski definition) is 3. The third-order valence-electron chi connectivity index (χ3n) is 5.55. The van der Waals surface area contributed by atoms with Gasteiger partial charge in [-0.15, -0.1) is 0 Å². The summed E-state index contributed by atoms with van der Waals surface area (Å²) in [6.07, 6.45) is 3.07. The summed E-state index contributed by atoms with van der Waals surface area (Å²) in [5.74, 6) is 1.38. The van der Waals surface area contributed by atoms with E-state index in [0.717, 1.165) is 40.0 Å². The molecule has 1 unspecified atom stereocenters. The Labute approximate surface area is 171 Å². The van der Waals surface area contributed by atoms with E-state index in [9.17, 15) is 0 Å². The van der Waals surface area contributed by atoms with Gasteiger partial charge in [0.2, 0.25) is 0 Å². The van der Waals surface area contributed by atoms with Crippen LogP contribution in [0.5, 0.6) is 5.75 Å². The van der Waals surface area contributed by atoms with E-state index >= 15 is 0 Å². The molecule has 0 aliphatic carbocycles. The van der Waals surface area contributed by atoms with E-state index in [1.807, 2.05) is 18.3 Å². The molecule has 0 radical (unpaired) electrons. The van der Waals surface area contributed by atoms with Crippen LogP contribution in [-0.2, 0) is 0 Å². The number of methoxy groups -OCH3 is 1. The highest BCUT2D eigenvalue weighted by Gasteiger charge is 2.36. The SMILES string of the molecule is CCN1c2cc(OC)c(C=Nc3ccc(Br)cc3C)cc2C(C)CC1(C)C. The molecule has 2 aromatic carbocycles. The van der Waals surface area contributed by atoms with Crippen LogP contribution in [0.3, 0.4) is 0 Å². The highest BCUT2D eigenvalue weighted by molar-refractivity contribution is 9.10. The Morgan fingerprint density at radius 1 is 1.30 bits per heavy atom. The number of benzene rings is 2. The number of ether oxygens (including phenoxy) is 1. The largest absolute Gasteiger partial charge is 0.496 e. The Morgan fingerprint density at radius 3 is 2.67 bits per heavy atom. The summed E-state index contributed by atoms with van der Waals surface area (Å²) in [6, 6.07) is 10.6. The van der Waals surface area contributed by atoms with Gasteiger partial charge in [-0.25, -0.2) is 0 Å². The maximum atomic E-state index is 5.72. The lowest BCUT2D eigenvalue weighted by Gasteiger charge is -2.47. The molecule has 3 rings (SSSR count). The number of anilines is 1. The summed E-state index contributed by atoms with van der Waals surface area (Å²) in [4.78, 5) is 7.22. The number of rotatable bonds is 4. The second kappa shape index (κ2) is 7.67. The minimum Gasteiger partial charge on any atom is -0.496 e. The molecule has 0 fully saturated rings. The van der Waals surface area contributed by atoms with Crippen molar-refractivity contribution in [1.29, 1.82) is 0 Å². The molecule has 0 spiro atoms. The zero-order valence-corrected chi connectivity index (χ0v) is 18.7. The van der Waals surface area contributed by atoms with Gasteiger partial charge < -0.3 is 9.64 Å². The van der Waals surface area contributed by atoms with Crippen molar-refractivity contribution < 1.29 is 4.74 Å². The maximum Gasteiger partial charge on any atom is 0.129 e. The van der Waals surface area contributed by atoms with Crippen LogP contribution >= 0.6 is 15.9 Å². The summed E-state index contributed by atoms with van der Waals surface area (Å²) in [5, 5.41) is 0. The van der Waals surface area contributed by atoms with Crippen LogP contribution in [0.25, 0.3) is 0 Å². The number of fused-ring (bicyclic) bond motifs is 1. The van der Waals surface area contributed by atoms with Gasteiger partial charge >= 0.3 is 0 Å². The lowest BCUT2D eigenvalue weighted by atomic mass is 9.79. The van der Waals surface area contributed by atoms with Crippen LogP contribution in [0.15, 0.2) is 39.8 Å². The quantitative estimate of drug-likeness (QED) is 0.510. The third-order valence-corrected chi connectivity index (χ3v) is 6.05. The molecule has 1 atom stereocenters. The third kappa shape index (κ3) is 3.91. The van der Waals surface area contributed by atoms with Gasteiger partial charge in [-0.1, -0.05) is 22.9 Å². The molecule has 1 aliphatic rings. The number of hydrogen-bond donors (Lipinski definition) is 0. The molecule has 0 saturated carbocycles. The van der Waals surface area contributed by atoms with Crippen molar-refractivity contribution in [3.63, 3.8) is 0 Å². The van der Waals surface area contributed by atoms with Gasteiger partial charge in [0, 0.05) is 40.1 Å². The van der Waals surface area contributed by atoms with E-state index in [-0.39, 0.29) is 5.54 Å². The van der Waals surface area contributed by atoms with E-state index in [0.29, 0.717) is 5.92 Å². The van der Waals surface area contributed by atoms with Gasteiger partial charge in [-0.05, 0) is 75.4 Å². The molecule has 1 aliphatic heterocycles. The standard InChI is InChI=1S/C23H29BrN2O/c1-7-26-21-12-22(27-6)17(11-19(21)16(3)13-23(26,4)5)14-25-20-9-8-18(24)10-15(20)2/h8-12,14,16H,7,13H2,1-6H3. The van der Waals surface area contributed by atoms with Crippen LogP contribution in [-0.4, -0.2) is 25.4 Å². The van der Waals surface area contributed by atoms with Crippen molar-refractivity contribution >= 4 is 33.5 Å². The second-order valence-corrected chi connectivity index (χ2v) is 8.92. The normalized spacial score (nSPS) is 18.6. The van der Waals surface area contributed by atoms with E-state index in [1.54, 1.807) is 7.11 Å². The molecule has 2 aromatic rings. The van der Waals surface area contributed by atoms with Gasteiger partial charge in [0.05, 0.1) is 12.8 Å². The fourth-order valence-electron chi connectivity index (χ4n) is 4.31. The number of halogens is 1. The first-order valence-corrected chi connectivity index (χ1v) is 10.4. The van der Waals surface area contributed by atoms with E-state index in [1.165, 1.54) is 11.3 Å². The predicted molar refractivity (Wildman–Crippen MR) is 119 cm³/mol. The molecule has 1 heterocycles. The van der Waals surface area contributed by atoms with Crippen molar-refractivity contribution in [3.8, 4) is 5.75 Å². The smallest absolute Gasteiger partial charge is 0.129 e. The van der Waals surface area contributed by atoms with Gasteiger partial charge in [0.1, 0.15) is 5.75 Å². The molecule has 27 heavy (non-hydrogen) atoms. The zero-order chi connectivity index (χ0) is 19.8. The number of aliphatic imine (C=N–C) groups is 1. The molecule has 4 heteroatoms. The minimum atomic E-state index is 0.149. The molecule has 0 N–H and O–H groups in total. The zero-order valence-electron chi connectivity index (χ0n) is 17.1. The van der Waals surface area contributed by atoms with Crippen LogP contribution < -0.4 is 9.64 Å². The summed E-state index contributed by atoms with van der Waals surface area (Å²) >= 11 is 3.51. The molecule has 3 nitrogen and oxygen atoms in total. The Kier molecular flexibility index (Phi) is 5.66. The highest BCUT2D eigenvalue weighted by atomic mass is 79.9. The molecule has 0 saturated heterocycles. The van der Waals surface area contributed by atoms with Crippen molar-refractivity contribution in [2.75, 3.05) is 18.6 Å². The van der Waals surface area contributed by atoms with E-state index < -0.39 is 0 Å². The van der Waals surface area contributed by atoms with Crippen molar-refractivity contribution in [2.45, 2.75) is 52.5 Å². The summed E-state index contributed by atoms with van der Waals surface area (Å²) in [7, 11) is 1.73. The van der Waals surface area contributed by atoms with Crippen LogP contribution in [0, 0.1) is 6.92 Å². The first-order valence-electron chi connectivity index (χ1n) is 9.56. The fourth-order valence-corrected chi connectivity index (χ4v) is 4.78. The van der Waals surface area contributed by atoms with Crippen molar-refractivity contribution in [2.24, 2.45) is 4.99 Å². The van der Waals surface area contributed by atoms with Crippen LogP contribution in [0.1, 0.15) is 56.7 Å². The van der Waals surface area contributed by atoms with Gasteiger partial charge in [-0.3, -0.25) is 4.99 Å². The van der Waals surface area contributed by atoms with Crippen LogP contribution in [0.2, 0.25) is 0 Å². The van der Waals surface area contributed by atoms with E-state index in [4.69, 9.17) is 9.73 Å². The van der Waals surface area contributed by atoms with Crippen molar-refractivity contribution in [3.05, 3.63) is 51.5 Å². The lowest BCUT2D eigenvalue weighted by molar-refractivity contribution is 0.377. The predicted octanol–water partition coefficient (Wildman–Crippen LogP) is 6.63. The van der Waals surface area contributed by atoms with Gasteiger partial charge in [-0.2, -0.15) is 0 Å². The summed E-state index contributed by atoms with van der Waals surface area (Å²) in [6.45, 7) is 12.3. The van der Waals surface area contributed by atoms with Crippen LogP contribution in [0.4, 0.5) is 11.4 Å². The Balaban J connectivity index is 2.05. The monoisotopic (exact) mass is 428 g/mol. The van der Waals surface area contributed by atoms with Gasteiger partial charge in [0.25, 0.3) is 0 Å².